The molecule has 3 nitrogen and oxygen atoms in total. The first-order chi connectivity index (χ1) is 5.65. The Hall–Kier alpha value is -1.51. The zero-order valence-corrected chi connectivity index (χ0v) is 7.24. The number of carbonyl (C=O) groups excluding carboxylic acids is 1. The second kappa shape index (κ2) is 3.26. The topological polar surface area (TPSA) is 46.3 Å². The van der Waals surface area contributed by atoms with Crippen LogP contribution >= 0.6 is 0 Å². The van der Waals surface area contributed by atoms with Crippen LogP contribution in [0.3, 0.4) is 0 Å². The molecule has 1 aromatic carbocycles. The second-order valence-corrected chi connectivity index (χ2v) is 2.76. The summed E-state index contributed by atoms with van der Waals surface area (Å²) in [5, 5.41) is 0. The molecule has 1 amide bonds. The number of anilines is 2. The van der Waals surface area contributed by atoms with Gasteiger partial charge in [0.1, 0.15) is 0 Å². The molecule has 0 radical (unpaired) electrons. The maximum absolute atomic E-state index is 10.4. The maximum atomic E-state index is 10.4. The lowest BCUT2D eigenvalue weighted by Gasteiger charge is -2.13. The van der Waals surface area contributed by atoms with Gasteiger partial charge in [-0.3, -0.25) is 4.79 Å². The van der Waals surface area contributed by atoms with Gasteiger partial charge in [-0.2, -0.15) is 0 Å². The number of nitrogens with two attached hydrogens (primary N) is 1. The van der Waals surface area contributed by atoms with Crippen LogP contribution in [0.4, 0.5) is 11.4 Å². The van der Waals surface area contributed by atoms with E-state index in [1.54, 1.807) is 13.1 Å². The van der Waals surface area contributed by atoms with Crippen molar-refractivity contribution in [2.75, 3.05) is 17.7 Å². The van der Waals surface area contributed by atoms with Crippen LogP contribution in [0.2, 0.25) is 0 Å². The largest absolute Gasteiger partial charge is 0.399 e. The smallest absolute Gasteiger partial charge is 0.213 e. The van der Waals surface area contributed by atoms with E-state index in [-0.39, 0.29) is 0 Å². The van der Waals surface area contributed by atoms with Crippen LogP contribution in [0.15, 0.2) is 18.2 Å². The second-order valence-electron chi connectivity index (χ2n) is 2.76. The molecule has 0 bridgehead atoms. The minimum atomic E-state index is 0.718. The van der Waals surface area contributed by atoms with E-state index >= 15 is 0 Å². The van der Waals surface area contributed by atoms with Gasteiger partial charge in [0.05, 0.1) is 0 Å². The van der Waals surface area contributed by atoms with E-state index in [0.29, 0.717) is 0 Å². The summed E-state index contributed by atoms with van der Waals surface area (Å²) < 4.78 is 0. The van der Waals surface area contributed by atoms with E-state index in [9.17, 15) is 4.79 Å². The Morgan fingerprint density at radius 1 is 1.50 bits per heavy atom. The molecule has 0 aliphatic rings. The standard InChI is InChI=1S/C9H12N2O/c1-7-5-8(10)3-4-9(7)11(2)6-12/h3-6H,10H2,1-2H3. The molecule has 0 unspecified atom stereocenters. The highest BCUT2D eigenvalue weighted by Crippen LogP contribution is 2.19. The predicted octanol–water partition coefficient (Wildman–Crippen LogP) is 1.17. The molecule has 12 heavy (non-hydrogen) atoms. The first-order valence-electron chi connectivity index (χ1n) is 3.69. The number of benzene rings is 1. The fourth-order valence-corrected chi connectivity index (χ4v) is 1.13. The van der Waals surface area contributed by atoms with Gasteiger partial charge in [0.15, 0.2) is 0 Å². The first-order valence-corrected chi connectivity index (χ1v) is 3.69. The van der Waals surface area contributed by atoms with Gasteiger partial charge in [-0.15, -0.1) is 0 Å². The van der Waals surface area contributed by atoms with Crippen LogP contribution in [0.5, 0.6) is 0 Å². The zero-order valence-electron chi connectivity index (χ0n) is 7.24. The molecule has 2 N–H and O–H groups in total. The van der Waals surface area contributed by atoms with Crippen LogP contribution < -0.4 is 10.6 Å². The summed E-state index contributed by atoms with van der Waals surface area (Å²) in [6.45, 7) is 1.92. The molecule has 0 fully saturated rings. The molecule has 0 spiro atoms. The first kappa shape index (κ1) is 8.59. The number of carbonyl (C=O) groups is 1. The average molecular weight is 164 g/mol. The van der Waals surface area contributed by atoms with E-state index in [4.69, 9.17) is 5.73 Å². The lowest BCUT2D eigenvalue weighted by Crippen LogP contribution is -2.14. The SMILES string of the molecule is Cc1cc(N)ccc1N(C)C=O. The molecular formula is C9H12N2O. The third-order valence-corrected chi connectivity index (χ3v) is 1.76. The molecule has 0 aliphatic carbocycles. The average Bonchev–Trinajstić information content (AvgIpc) is 2.03. The number of nitrogens with zero attached hydrogens (tertiary/aromatic N) is 1. The molecule has 0 saturated heterocycles. The molecule has 0 saturated carbocycles. The molecular weight excluding hydrogens is 152 g/mol. The van der Waals surface area contributed by atoms with E-state index in [2.05, 4.69) is 0 Å². The number of aryl methyl sites for hydroxylation is 1. The Bertz CT molecular complexity index is 297. The van der Waals surface area contributed by atoms with Crippen LogP contribution in [0.25, 0.3) is 0 Å². The molecule has 0 atom stereocenters. The Kier molecular flexibility index (Phi) is 2.33. The summed E-state index contributed by atoms with van der Waals surface area (Å²) in [6.07, 6.45) is 0.776. The van der Waals surface area contributed by atoms with Crippen molar-refractivity contribution in [2.24, 2.45) is 0 Å². The molecule has 1 aromatic rings. The van der Waals surface area contributed by atoms with Gasteiger partial charge in [-0.25, -0.2) is 0 Å². The summed E-state index contributed by atoms with van der Waals surface area (Å²) >= 11 is 0. The molecule has 64 valence electrons. The monoisotopic (exact) mass is 164 g/mol. The van der Waals surface area contributed by atoms with E-state index in [1.807, 2.05) is 19.1 Å². The fraction of sp³-hybridized carbons (Fsp3) is 0.222. The van der Waals surface area contributed by atoms with Gasteiger partial charge in [0.25, 0.3) is 0 Å². The van der Waals surface area contributed by atoms with Crippen LogP contribution in [0, 0.1) is 6.92 Å². The van der Waals surface area contributed by atoms with Crippen molar-refractivity contribution in [3.05, 3.63) is 23.8 Å². The fourth-order valence-electron chi connectivity index (χ4n) is 1.13. The Labute approximate surface area is 71.8 Å². The van der Waals surface area contributed by atoms with Gasteiger partial charge < -0.3 is 10.6 Å². The van der Waals surface area contributed by atoms with Crippen LogP contribution in [-0.4, -0.2) is 13.5 Å². The van der Waals surface area contributed by atoms with Crippen molar-refractivity contribution in [3.63, 3.8) is 0 Å². The van der Waals surface area contributed by atoms with Crippen molar-refractivity contribution < 1.29 is 4.79 Å². The van der Waals surface area contributed by atoms with Gasteiger partial charge >= 0.3 is 0 Å². The van der Waals surface area contributed by atoms with Crippen molar-refractivity contribution in [3.8, 4) is 0 Å². The Morgan fingerprint density at radius 2 is 2.17 bits per heavy atom. The van der Waals surface area contributed by atoms with Crippen molar-refractivity contribution >= 4 is 17.8 Å². The number of hydrogen-bond acceptors (Lipinski definition) is 2. The van der Waals surface area contributed by atoms with Crippen molar-refractivity contribution in [1.29, 1.82) is 0 Å². The van der Waals surface area contributed by atoms with Crippen molar-refractivity contribution in [1.82, 2.24) is 0 Å². The predicted molar refractivity (Wildman–Crippen MR) is 50.1 cm³/mol. The van der Waals surface area contributed by atoms with Gasteiger partial charge in [-0.05, 0) is 30.7 Å². The number of hydrogen-bond donors (Lipinski definition) is 1. The lowest BCUT2D eigenvalue weighted by atomic mass is 10.1. The molecule has 1 rings (SSSR count). The highest BCUT2D eigenvalue weighted by atomic mass is 16.1. The molecule has 0 heterocycles. The summed E-state index contributed by atoms with van der Waals surface area (Å²) in [6, 6.07) is 5.46. The van der Waals surface area contributed by atoms with Gasteiger partial charge in [-0.1, -0.05) is 0 Å². The summed E-state index contributed by atoms with van der Waals surface area (Å²) in [4.78, 5) is 12.0. The minimum Gasteiger partial charge on any atom is -0.399 e. The van der Waals surface area contributed by atoms with Gasteiger partial charge in [0.2, 0.25) is 6.41 Å². The van der Waals surface area contributed by atoms with Crippen LogP contribution in [0.1, 0.15) is 5.56 Å². The Morgan fingerprint density at radius 3 is 2.67 bits per heavy atom. The normalized spacial score (nSPS) is 9.50. The Balaban J connectivity index is 3.09. The van der Waals surface area contributed by atoms with E-state index in [0.717, 1.165) is 23.3 Å². The zero-order chi connectivity index (χ0) is 9.14. The summed E-state index contributed by atoms with van der Waals surface area (Å²) in [5.74, 6) is 0. The highest BCUT2D eigenvalue weighted by molar-refractivity contribution is 5.77. The van der Waals surface area contributed by atoms with Crippen molar-refractivity contribution in [2.45, 2.75) is 6.92 Å². The highest BCUT2D eigenvalue weighted by Gasteiger charge is 2.01. The quantitative estimate of drug-likeness (QED) is 0.526. The van der Waals surface area contributed by atoms with Gasteiger partial charge in [0, 0.05) is 18.4 Å². The summed E-state index contributed by atoms with van der Waals surface area (Å²) in [7, 11) is 1.71. The summed E-state index contributed by atoms with van der Waals surface area (Å²) in [5.41, 5.74) is 8.17. The number of amides is 1. The minimum absolute atomic E-state index is 0.718. The third-order valence-electron chi connectivity index (χ3n) is 1.76. The molecule has 0 aromatic heterocycles. The number of nitrogen functional groups attached to an aromatic ring is 1. The lowest BCUT2D eigenvalue weighted by molar-refractivity contribution is -0.107. The number of rotatable bonds is 2. The van der Waals surface area contributed by atoms with E-state index in [1.165, 1.54) is 4.90 Å². The van der Waals surface area contributed by atoms with Crippen LogP contribution in [-0.2, 0) is 4.79 Å². The molecule has 0 aliphatic heterocycles. The molecule has 3 heteroatoms. The third kappa shape index (κ3) is 1.56. The maximum Gasteiger partial charge on any atom is 0.213 e. The van der Waals surface area contributed by atoms with E-state index < -0.39 is 0 Å².